The molecule has 0 saturated carbocycles. The first-order valence-corrected chi connectivity index (χ1v) is 8.76. The third kappa shape index (κ3) is 2.85. The summed E-state index contributed by atoms with van der Waals surface area (Å²) in [6, 6.07) is 5.98. The molecule has 0 fully saturated rings. The van der Waals surface area contributed by atoms with Crippen LogP contribution in [-0.4, -0.2) is 20.8 Å². The zero-order valence-electron chi connectivity index (χ0n) is 13.2. The Morgan fingerprint density at radius 2 is 2.00 bits per heavy atom. The van der Waals surface area contributed by atoms with Gasteiger partial charge in [-0.2, -0.15) is 9.78 Å². The predicted molar refractivity (Wildman–Crippen MR) is 96.6 cm³/mol. The van der Waals surface area contributed by atoms with Crippen molar-refractivity contribution in [3.8, 4) is 0 Å². The maximum absolute atomic E-state index is 12.8. The largest absolute Gasteiger partial charge is 0.282 e. The molecule has 0 aliphatic heterocycles. The molecule has 1 aliphatic carbocycles. The van der Waals surface area contributed by atoms with Gasteiger partial charge in [-0.05, 0) is 48.9 Å². The Labute approximate surface area is 146 Å². The van der Waals surface area contributed by atoms with Crippen LogP contribution in [0.4, 0.5) is 5.69 Å². The molecule has 2 aromatic heterocycles. The van der Waals surface area contributed by atoms with Crippen molar-refractivity contribution in [2.24, 2.45) is 5.10 Å². The fraction of sp³-hybridized carbons (Fsp3) is 0.235. The van der Waals surface area contributed by atoms with Gasteiger partial charge in [-0.25, -0.2) is 4.98 Å². The molecule has 8 heteroatoms. The van der Waals surface area contributed by atoms with Gasteiger partial charge in [-0.1, -0.05) is 0 Å². The summed E-state index contributed by atoms with van der Waals surface area (Å²) < 4.78 is 1.23. The predicted octanol–water partition coefficient (Wildman–Crippen LogP) is 3.13. The molecule has 0 spiro atoms. The average molecular weight is 354 g/mol. The SMILES string of the molecule is O=c1c2c3c(sc2ncn1/N=C/c1ccc([N+](=O)[O-])cc1)CCCC3. The maximum Gasteiger partial charge on any atom is 0.282 e. The van der Waals surface area contributed by atoms with Crippen LogP contribution in [0.15, 0.2) is 40.5 Å². The number of non-ortho nitro benzene ring substituents is 1. The van der Waals surface area contributed by atoms with Gasteiger partial charge >= 0.3 is 0 Å². The molecular weight excluding hydrogens is 340 g/mol. The van der Waals surface area contributed by atoms with Crippen LogP contribution in [0.1, 0.15) is 28.8 Å². The molecule has 126 valence electrons. The third-order valence-corrected chi connectivity index (χ3v) is 5.49. The van der Waals surface area contributed by atoms with Crippen molar-refractivity contribution >= 4 is 33.5 Å². The van der Waals surface area contributed by atoms with Crippen LogP contribution in [0.25, 0.3) is 10.2 Å². The van der Waals surface area contributed by atoms with E-state index in [0.717, 1.165) is 36.1 Å². The smallest absolute Gasteiger partial charge is 0.267 e. The zero-order chi connectivity index (χ0) is 17.4. The monoisotopic (exact) mass is 354 g/mol. The Kier molecular flexibility index (Phi) is 3.89. The average Bonchev–Trinajstić information content (AvgIpc) is 3.01. The lowest BCUT2D eigenvalue weighted by Gasteiger charge is -2.09. The highest BCUT2D eigenvalue weighted by atomic mass is 32.1. The summed E-state index contributed by atoms with van der Waals surface area (Å²) in [5.41, 5.74) is 1.65. The van der Waals surface area contributed by atoms with Crippen LogP contribution in [0.3, 0.4) is 0 Å². The Morgan fingerprint density at radius 3 is 2.76 bits per heavy atom. The van der Waals surface area contributed by atoms with Gasteiger partial charge in [0.2, 0.25) is 0 Å². The Hall–Kier alpha value is -2.87. The minimum absolute atomic E-state index is 0.0160. The lowest BCUT2D eigenvalue weighted by molar-refractivity contribution is -0.384. The first-order chi connectivity index (χ1) is 12.1. The van der Waals surface area contributed by atoms with Crippen LogP contribution in [-0.2, 0) is 12.8 Å². The molecule has 0 N–H and O–H groups in total. The molecular formula is C17H14N4O3S. The van der Waals surface area contributed by atoms with E-state index in [2.05, 4.69) is 10.1 Å². The number of hydrogen-bond acceptors (Lipinski definition) is 6. The molecule has 2 heterocycles. The van der Waals surface area contributed by atoms with Crippen molar-refractivity contribution in [1.29, 1.82) is 0 Å². The van der Waals surface area contributed by atoms with Gasteiger partial charge in [0.25, 0.3) is 11.2 Å². The Bertz CT molecular complexity index is 1050. The summed E-state index contributed by atoms with van der Waals surface area (Å²) in [6.45, 7) is 0. The number of thiophene rings is 1. The summed E-state index contributed by atoms with van der Waals surface area (Å²) >= 11 is 1.60. The second kappa shape index (κ2) is 6.21. The summed E-state index contributed by atoms with van der Waals surface area (Å²) in [4.78, 5) is 29.4. The Morgan fingerprint density at radius 1 is 1.24 bits per heavy atom. The maximum atomic E-state index is 12.8. The topological polar surface area (TPSA) is 90.4 Å². The van der Waals surface area contributed by atoms with Gasteiger partial charge in [0.05, 0.1) is 16.5 Å². The van der Waals surface area contributed by atoms with Gasteiger partial charge in [0.15, 0.2) is 0 Å². The highest BCUT2D eigenvalue weighted by Crippen LogP contribution is 2.33. The number of aryl methyl sites for hydroxylation is 2. The zero-order valence-corrected chi connectivity index (χ0v) is 14.0. The fourth-order valence-electron chi connectivity index (χ4n) is 3.03. The van der Waals surface area contributed by atoms with Crippen molar-refractivity contribution in [1.82, 2.24) is 9.66 Å². The van der Waals surface area contributed by atoms with Crippen LogP contribution >= 0.6 is 11.3 Å². The fourth-order valence-corrected chi connectivity index (χ4v) is 4.25. The van der Waals surface area contributed by atoms with E-state index >= 15 is 0 Å². The van der Waals surface area contributed by atoms with Crippen LogP contribution in [0, 0.1) is 10.1 Å². The lowest BCUT2D eigenvalue weighted by Crippen LogP contribution is -2.18. The van der Waals surface area contributed by atoms with Gasteiger partial charge in [-0.3, -0.25) is 14.9 Å². The molecule has 0 saturated heterocycles. The van der Waals surface area contributed by atoms with Gasteiger partial charge in [-0.15, -0.1) is 11.3 Å². The van der Waals surface area contributed by atoms with E-state index < -0.39 is 4.92 Å². The molecule has 25 heavy (non-hydrogen) atoms. The number of fused-ring (bicyclic) bond motifs is 3. The summed E-state index contributed by atoms with van der Waals surface area (Å²) in [7, 11) is 0. The van der Waals surface area contributed by atoms with Crippen LogP contribution in [0.5, 0.6) is 0 Å². The van der Waals surface area contributed by atoms with E-state index in [1.165, 1.54) is 34.2 Å². The molecule has 3 aromatic rings. The van der Waals surface area contributed by atoms with Crippen LogP contribution in [0.2, 0.25) is 0 Å². The standard InChI is InChI=1S/C17H14N4O3S/c22-17-15-13-3-1-2-4-14(13)25-16(15)18-10-20(17)19-9-11-5-7-12(8-6-11)21(23)24/h5-10H,1-4H2/b19-9+. The highest BCUT2D eigenvalue weighted by molar-refractivity contribution is 7.18. The number of benzene rings is 1. The number of aromatic nitrogens is 2. The van der Waals surface area contributed by atoms with Gasteiger partial charge in [0.1, 0.15) is 11.2 Å². The summed E-state index contributed by atoms with van der Waals surface area (Å²) in [5, 5.41) is 15.5. The molecule has 1 aromatic carbocycles. The number of nitro groups is 1. The normalized spacial score (nSPS) is 14.1. The van der Waals surface area contributed by atoms with Crippen molar-refractivity contribution in [2.75, 3.05) is 0 Å². The first kappa shape index (κ1) is 15.6. The van der Waals surface area contributed by atoms with Crippen LogP contribution < -0.4 is 5.56 Å². The number of rotatable bonds is 3. The summed E-state index contributed by atoms with van der Waals surface area (Å²) in [6.07, 6.45) is 7.11. The van der Waals surface area contributed by atoms with Crippen molar-refractivity contribution < 1.29 is 4.92 Å². The van der Waals surface area contributed by atoms with Gasteiger partial charge in [0, 0.05) is 17.0 Å². The third-order valence-electron chi connectivity index (χ3n) is 4.29. The van der Waals surface area contributed by atoms with Crippen molar-refractivity contribution in [2.45, 2.75) is 25.7 Å². The lowest BCUT2D eigenvalue weighted by atomic mass is 9.97. The number of hydrogen-bond donors (Lipinski definition) is 0. The minimum Gasteiger partial charge on any atom is -0.267 e. The van der Waals surface area contributed by atoms with E-state index in [9.17, 15) is 14.9 Å². The Balaban J connectivity index is 1.70. The van der Waals surface area contributed by atoms with Gasteiger partial charge < -0.3 is 0 Å². The van der Waals surface area contributed by atoms with E-state index in [0.29, 0.717) is 10.9 Å². The van der Waals surface area contributed by atoms with E-state index in [4.69, 9.17) is 0 Å². The minimum atomic E-state index is -0.455. The molecule has 0 bridgehead atoms. The second-order valence-electron chi connectivity index (χ2n) is 5.88. The number of nitro benzene ring substituents is 1. The molecule has 1 aliphatic rings. The molecule has 0 amide bonds. The van der Waals surface area contributed by atoms with E-state index in [1.54, 1.807) is 23.5 Å². The first-order valence-electron chi connectivity index (χ1n) is 7.94. The number of nitrogens with zero attached hydrogens (tertiary/aromatic N) is 4. The quantitative estimate of drug-likeness (QED) is 0.410. The van der Waals surface area contributed by atoms with Crippen molar-refractivity contribution in [3.63, 3.8) is 0 Å². The van der Waals surface area contributed by atoms with E-state index in [-0.39, 0.29) is 11.2 Å². The molecule has 7 nitrogen and oxygen atoms in total. The molecule has 0 atom stereocenters. The molecule has 4 rings (SSSR count). The highest BCUT2D eigenvalue weighted by Gasteiger charge is 2.19. The summed E-state index contributed by atoms with van der Waals surface area (Å²) in [5.74, 6) is 0. The molecule has 0 unspecified atom stereocenters. The van der Waals surface area contributed by atoms with Crippen molar-refractivity contribution in [3.05, 3.63) is 67.1 Å². The molecule has 0 radical (unpaired) electrons. The van der Waals surface area contributed by atoms with E-state index in [1.807, 2.05) is 0 Å². The second-order valence-corrected chi connectivity index (χ2v) is 6.96.